The Morgan fingerprint density at radius 2 is 0.745 bits per heavy atom. The number of hydrogen-bond donors (Lipinski definition) is 0. The smallest absolute Gasteiger partial charge is 0.306 e. The van der Waals surface area contributed by atoms with Crippen molar-refractivity contribution in [3.8, 4) is 0 Å². The Bertz CT molecular complexity index is 1070. The summed E-state index contributed by atoms with van der Waals surface area (Å²) >= 11 is 0. The molecule has 0 aromatic heterocycles. The standard InChI is InChI=1S/C49H82O6/c1-4-7-10-13-16-19-21-23-24-26-27-30-33-36-39-42-48(51)54-45-46(44-53-47(50)41-38-35-32-29-18-15-12-9-6-3)55-49(52)43-40-37-34-31-28-25-22-20-17-14-11-8-5-2/h8,11,14,17,19-22,25,28,31,34,46H,4-7,9-10,12-13,15-16,18,23-24,26-27,29-30,32-33,35-45H2,1-3H3/b11-8-,17-14-,21-19-,22-20-,28-25-,34-31-. The highest BCUT2D eigenvalue weighted by Crippen LogP contribution is 2.13. The first kappa shape index (κ1) is 51.9. The maximum Gasteiger partial charge on any atom is 0.306 e. The molecule has 1 unspecified atom stereocenters. The van der Waals surface area contributed by atoms with E-state index in [-0.39, 0.29) is 37.5 Å². The fourth-order valence-corrected chi connectivity index (χ4v) is 5.94. The predicted molar refractivity (Wildman–Crippen MR) is 233 cm³/mol. The van der Waals surface area contributed by atoms with Crippen LogP contribution in [-0.2, 0) is 28.6 Å². The molecule has 0 bridgehead atoms. The highest BCUT2D eigenvalue weighted by molar-refractivity contribution is 5.71. The van der Waals surface area contributed by atoms with Crippen molar-refractivity contribution in [2.75, 3.05) is 13.2 Å². The van der Waals surface area contributed by atoms with E-state index in [0.717, 1.165) is 51.4 Å². The van der Waals surface area contributed by atoms with Gasteiger partial charge < -0.3 is 14.2 Å². The van der Waals surface area contributed by atoms with Gasteiger partial charge in [0.25, 0.3) is 0 Å². The molecule has 6 heteroatoms. The van der Waals surface area contributed by atoms with E-state index in [9.17, 15) is 14.4 Å². The van der Waals surface area contributed by atoms with Gasteiger partial charge in [-0.2, -0.15) is 0 Å². The molecule has 0 saturated heterocycles. The largest absolute Gasteiger partial charge is 0.462 e. The summed E-state index contributed by atoms with van der Waals surface area (Å²) < 4.78 is 16.6. The Morgan fingerprint density at radius 3 is 1.22 bits per heavy atom. The highest BCUT2D eigenvalue weighted by atomic mass is 16.6. The third-order valence-corrected chi connectivity index (χ3v) is 9.32. The average molecular weight is 767 g/mol. The van der Waals surface area contributed by atoms with Crippen molar-refractivity contribution in [2.24, 2.45) is 0 Å². The first-order valence-electron chi connectivity index (χ1n) is 22.5. The van der Waals surface area contributed by atoms with Crippen molar-refractivity contribution in [1.82, 2.24) is 0 Å². The second-order valence-electron chi connectivity index (χ2n) is 14.7. The molecule has 0 rings (SSSR count). The van der Waals surface area contributed by atoms with Crippen LogP contribution in [0.2, 0.25) is 0 Å². The molecule has 0 aliphatic carbocycles. The van der Waals surface area contributed by atoms with Gasteiger partial charge in [-0.1, -0.05) is 196 Å². The SMILES string of the molecule is CC\C=C/C=C\C=C/C=C\C=C/CCCC(=O)OC(COC(=O)CCCCCCCCC/C=C\CCCCCC)COC(=O)CCCCCCCCCCC. The summed E-state index contributed by atoms with van der Waals surface area (Å²) in [4.78, 5) is 37.6. The minimum atomic E-state index is -0.809. The monoisotopic (exact) mass is 767 g/mol. The van der Waals surface area contributed by atoms with Gasteiger partial charge in [-0.15, -0.1) is 0 Å². The van der Waals surface area contributed by atoms with Crippen molar-refractivity contribution in [1.29, 1.82) is 0 Å². The van der Waals surface area contributed by atoms with Crippen LogP contribution in [0.4, 0.5) is 0 Å². The number of carbonyl (C=O) groups is 3. The minimum absolute atomic E-state index is 0.105. The van der Waals surface area contributed by atoms with E-state index in [4.69, 9.17) is 14.2 Å². The Labute approximate surface area is 338 Å². The first-order chi connectivity index (χ1) is 27.0. The van der Waals surface area contributed by atoms with E-state index in [1.54, 1.807) is 0 Å². The molecular weight excluding hydrogens is 685 g/mol. The van der Waals surface area contributed by atoms with E-state index in [2.05, 4.69) is 39.0 Å². The molecule has 314 valence electrons. The van der Waals surface area contributed by atoms with Crippen molar-refractivity contribution in [3.63, 3.8) is 0 Å². The molecule has 0 aromatic carbocycles. The number of rotatable bonds is 39. The van der Waals surface area contributed by atoms with E-state index < -0.39 is 6.10 Å². The first-order valence-corrected chi connectivity index (χ1v) is 22.5. The zero-order chi connectivity index (χ0) is 40.1. The predicted octanol–water partition coefficient (Wildman–Crippen LogP) is 14.3. The van der Waals surface area contributed by atoms with Gasteiger partial charge in [0.15, 0.2) is 6.10 Å². The van der Waals surface area contributed by atoms with Gasteiger partial charge in [0, 0.05) is 19.3 Å². The molecule has 55 heavy (non-hydrogen) atoms. The average Bonchev–Trinajstić information content (AvgIpc) is 3.18. The topological polar surface area (TPSA) is 78.9 Å². The van der Waals surface area contributed by atoms with Crippen LogP contribution in [0.1, 0.15) is 201 Å². The normalized spacial score (nSPS) is 12.7. The molecule has 0 amide bonds. The lowest BCUT2D eigenvalue weighted by molar-refractivity contribution is -0.167. The fourth-order valence-electron chi connectivity index (χ4n) is 5.94. The third-order valence-electron chi connectivity index (χ3n) is 9.32. The number of hydrogen-bond acceptors (Lipinski definition) is 6. The molecule has 0 radical (unpaired) electrons. The lowest BCUT2D eigenvalue weighted by Gasteiger charge is -2.18. The van der Waals surface area contributed by atoms with Crippen molar-refractivity contribution in [2.45, 2.75) is 207 Å². The van der Waals surface area contributed by atoms with Gasteiger partial charge in [0.1, 0.15) is 13.2 Å². The number of esters is 3. The van der Waals surface area contributed by atoms with Crippen LogP contribution < -0.4 is 0 Å². The summed E-state index contributed by atoms with van der Waals surface area (Å²) in [5.41, 5.74) is 0. The van der Waals surface area contributed by atoms with Crippen LogP contribution in [0.25, 0.3) is 0 Å². The van der Waals surface area contributed by atoms with Crippen molar-refractivity contribution >= 4 is 17.9 Å². The fraction of sp³-hybridized carbons (Fsp3) is 0.694. The Hall–Kier alpha value is -3.15. The quantitative estimate of drug-likeness (QED) is 0.0204. The molecular formula is C49H82O6. The maximum atomic E-state index is 12.7. The summed E-state index contributed by atoms with van der Waals surface area (Å²) in [6.07, 6.45) is 53.2. The van der Waals surface area contributed by atoms with E-state index >= 15 is 0 Å². The number of ether oxygens (including phenoxy) is 3. The zero-order valence-electron chi connectivity index (χ0n) is 35.7. The van der Waals surface area contributed by atoms with Crippen LogP contribution in [0.15, 0.2) is 72.9 Å². The zero-order valence-corrected chi connectivity index (χ0v) is 35.7. The maximum absolute atomic E-state index is 12.7. The summed E-state index contributed by atoms with van der Waals surface area (Å²) in [7, 11) is 0. The molecule has 0 heterocycles. The van der Waals surface area contributed by atoms with Crippen molar-refractivity contribution in [3.05, 3.63) is 72.9 Å². The molecule has 0 saturated carbocycles. The summed E-state index contributed by atoms with van der Waals surface area (Å²) in [5, 5.41) is 0. The van der Waals surface area contributed by atoms with Gasteiger partial charge >= 0.3 is 17.9 Å². The van der Waals surface area contributed by atoms with Gasteiger partial charge in [0.2, 0.25) is 0 Å². The lowest BCUT2D eigenvalue weighted by atomic mass is 10.1. The summed E-state index contributed by atoms with van der Waals surface area (Å²) in [6.45, 7) is 6.37. The van der Waals surface area contributed by atoms with Gasteiger partial charge in [0.05, 0.1) is 0 Å². The van der Waals surface area contributed by atoms with E-state index in [0.29, 0.717) is 19.3 Å². The van der Waals surface area contributed by atoms with E-state index in [1.807, 2.05) is 54.7 Å². The summed E-state index contributed by atoms with van der Waals surface area (Å²) in [6, 6.07) is 0. The minimum Gasteiger partial charge on any atom is -0.462 e. The van der Waals surface area contributed by atoms with Gasteiger partial charge in [-0.3, -0.25) is 14.4 Å². The van der Waals surface area contributed by atoms with Crippen LogP contribution in [0.5, 0.6) is 0 Å². The Morgan fingerprint density at radius 1 is 0.382 bits per heavy atom. The van der Waals surface area contributed by atoms with Crippen LogP contribution >= 0.6 is 0 Å². The number of allylic oxidation sites excluding steroid dienone is 12. The molecule has 0 aliphatic rings. The lowest BCUT2D eigenvalue weighted by Crippen LogP contribution is -2.30. The highest BCUT2D eigenvalue weighted by Gasteiger charge is 2.19. The van der Waals surface area contributed by atoms with Crippen LogP contribution in [0.3, 0.4) is 0 Å². The van der Waals surface area contributed by atoms with E-state index in [1.165, 1.54) is 103 Å². The Balaban J connectivity index is 4.47. The summed E-state index contributed by atoms with van der Waals surface area (Å²) in [5.74, 6) is -0.992. The molecule has 0 aromatic rings. The van der Waals surface area contributed by atoms with Crippen LogP contribution in [-0.4, -0.2) is 37.2 Å². The second kappa shape index (κ2) is 43.6. The molecule has 0 N–H and O–H groups in total. The molecule has 1 atom stereocenters. The van der Waals surface area contributed by atoms with Gasteiger partial charge in [-0.05, 0) is 57.8 Å². The molecule has 0 aliphatic heterocycles. The number of unbranched alkanes of at least 4 members (excludes halogenated alkanes) is 20. The van der Waals surface area contributed by atoms with Crippen molar-refractivity contribution < 1.29 is 28.6 Å². The van der Waals surface area contributed by atoms with Gasteiger partial charge in [-0.25, -0.2) is 0 Å². The number of carbonyl (C=O) groups excluding carboxylic acids is 3. The third kappa shape index (κ3) is 41.8. The molecule has 6 nitrogen and oxygen atoms in total. The second-order valence-corrected chi connectivity index (χ2v) is 14.7. The molecule has 0 spiro atoms. The molecule has 0 fully saturated rings. The Kier molecular flexibility index (Phi) is 41.1. The van der Waals surface area contributed by atoms with Crippen LogP contribution in [0, 0.1) is 0 Å².